The van der Waals surface area contributed by atoms with Crippen LogP contribution in [0, 0.1) is 0 Å². The number of rotatable bonds is 8. The predicted octanol–water partition coefficient (Wildman–Crippen LogP) is 2.92. The van der Waals surface area contributed by atoms with Crippen LogP contribution in [0.3, 0.4) is 0 Å². The average Bonchev–Trinajstić information content (AvgIpc) is 3.25. The molecule has 1 aromatic carbocycles. The summed E-state index contributed by atoms with van der Waals surface area (Å²) in [5.74, 6) is 1.28. The lowest BCUT2D eigenvalue weighted by atomic mass is 10.1. The first kappa shape index (κ1) is 17.7. The van der Waals surface area contributed by atoms with Gasteiger partial charge in [0.05, 0.1) is 5.75 Å². The molecule has 0 bridgehead atoms. The van der Waals surface area contributed by atoms with Crippen LogP contribution in [0.25, 0.3) is 0 Å². The number of hydrogen-bond donors (Lipinski definition) is 1. The molecule has 2 heterocycles. The highest BCUT2D eigenvalue weighted by Crippen LogP contribution is 2.18. The van der Waals surface area contributed by atoms with Gasteiger partial charge in [-0.05, 0) is 23.4 Å². The highest BCUT2D eigenvalue weighted by Gasteiger charge is 2.12. The number of nitrogens with one attached hydrogen (secondary N) is 1. The number of amides is 1. The summed E-state index contributed by atoms with van der Waals surface area (Å²) in [5.41, 5.74) is 1.22. The van der Waals surface area contributed by atoms with Crippen molar-refractivity contribution >= 4 is 29.0 Å². The first-order valence-corrected chi connectivity index (χ1v) is 9.93. The summed E-state index contributed by atoms with van der Waals surface area (Å²) in [6.07, 6.45) is 1.61. The third-order valence-corrected chi connectivity index (χ3v) is 5.65. The Morgan fingerprint density at radius 2 is 2.04 bits per heavy atom. The van der Waals surface area contributed by atoms with Crippen LogP contribution < -0.4 is 5.32 Å². The van der Waals surface area contributed by atoms with Crippen LogP contribution in [0.2, 0.25) is 0 Å². The normalized spacial score (nSPS) is 10.8. The molecule has 2 aromatic heterocycles. The number of aromatic nitrogens is 3. The fourth-order valence-corrected chi connectivity index (χ4v) is 3.83. The van der Waals surface area contributed by atoms with Gasteiger partial charge in [-0.15, -0.1) is 21.5 Å². The molecule has 1 amide bonds. The van der Waals surface area contributed by atoms with Crippen molar-refractivity contribution in [2.45, 2.75) is 18.0 Å². The summed E-state index contributed by atoms with van der Waals surface area (Å²) < 4.78 is 1.96. The van der Waals surface area contributed by atoms with E-state index in [0.717, 1.165) is 23.8 Å². The Balaban J connectivity index is 1.43. The molecule has 0 atom stereocenters. The van der Waals surface area contributed by atoms with E-state index in [4.69, 9.17) is 0 Å². The second-order valence-electron chi connectivity index (χ2n) is 5.59. The largest absolute Gasteiger partial charge is 0.355 e. The Bertz CT molecular complexity index is 800. The summed E-state index contributed by atoms with van der Waals surface area (Å²) in [5, 5.41) is 14.2. The van der Waals surface area contributed by atoms with Crippen LogP contribution in [0.5, 0.6) is 0 Å². The Labute approximate surface area is 155 Å². The van der Waals surface area contributed by atoms with Crippen molar-refractivity contribution in [3.8, 4) is 0 Å². The van der Waals surface area contributed by atoms with E-state index in [0.29, 0.717) is 12.3 Å². The minimum atomic E-state index is 0.0173. The van der Waals surface area contributed by atoms with Gasteiger partial charge in [0.25, 0.3) is 0 Å². The lowest BCUT2D eigenvalue weighted by molar-refractivity contribution is -0.118. The average molecular weight is 373 g/mol. The highest BCUT2D eigenvalue weighted by molar-refractivity contribution is 7.99. The third-order valence-electron chi connectivity index (χ3n) is 3.75. The van der Waals surface area contributed by atoms with E-state index in [9.17, 15) is 4.79 Å². The Hall–Kier alpha value is -2.12. The molecule has 1 N–H and O–H groups in total. The van der Waals surface area contributed by atoms with Gasteiger partial charge in [0, 0.05) is 24.9 Å². The van der Waals surface area contributed by atoms with Gasteiger partial charge in [-0.1, -0.05) is 48.2 Å². The van der Waals surface area contributed by atoms with Crippen LogP contribution >= 0.6 is 23.1 Å². The van der Waals surface area contributed by atoms with E-state index >= 15 is 0 Å². The highest BCUT2D eigenvalue weighted by atomic mass is 32.2. The summed E-state index contributed by atoms with van der Waals surface area (Å²) >= 11 is 3.12. The van der Waals surface area contributed by atoms with Crippen molar-refractivity contribution < 1.29 is 4.79 Å². The fraction of sp³-hybridized carbons (Fsp3) is 0.278. The van der Waals surface area contributed by atoms with Crippen LogP contribution in [0.4, 0.5) is 0 Å². The summed E-state index contributed by atoms with van der Waals surface area (Å²) in [6.45, 7) is 0.645. The predicted molar refractivity (Wildman–Crippen MR) is 102 cm³/mol. The molecule has 0 saturated heterocycles. The van der Waals surface area contributed by atoms with E-state index in [-0.39, 0.29) is 5.91 Å². The van der Waals surface area contributed by atoms with Gasteiger partial charge in [-0.2, -0.15) is 0 Å². The Morgan fingerprint density at radius 1 is 1.20 bits per heavy atom. The van der Waals surface area contributed by atoms with Gasteiger partial charge in [-0.3, -0.25) is 4.79 Å². The van der Waals surface area contributed by atoms with Crippen molar-refractivity contribution in [2.75, 3.05) is 12.3 Å². The molecule has 0 unspecified atom stereocenters. The molecule has 0 spiro atoms. The van der Waals surface area contributed by atoms with Gasteiger partial charge in [0.15, 0.2) is 5.16 Å². The summed E-state index contributed by atoms with van der Waals surface area (Å²) in [7, 11) is 1.94. The number of carbonyl (C=O) groups excluding carboxylic acids is 1. The minimum Gasteiger partial charge on any atom is -0.355 e. The van der Waals surface area contributed by atoms with Gasteiger partial charge >= 0.3 is 0 Å². The Kier molecular flexibility index (Phi) is 6.25. The zero-order chi connectivity index (χ0) is 17.5. The molecule has 3 rings (SSSR count). The van der Waals surface area contributed by atoms with E-state index in [1.165, 1.54) is 22.2 Å². The van der Waals surface area contributed by atoms with E-state index in [1.54, 1.807) is 11.3 Å². The van der Waals surface area contributed by atoms with E-state index in [1.807, 2.05) is 35.9 Å². The van der Waals surface area contributed by atoms with E-state index in [2.05, 4.69) is 39.1 Å². The molecule has 130 valence electrons. The molecule has 0 saturated carbocycles. The molecule has 0 radical (unpaired) electrons. The number of carbonyl (C=O) groups is 1. The number of hydrogen-bond acceptors (Lipinski definition) is 5. The molecular weight excluding hydrogens is 352 g/mol. The van der Waals surface area contributed by atoms with Crippen LogP contribution in [0.1, 0.15) is 16.3 Å². The van der Waals surface area contributed by atoms with E-state index < -0.39 is 0 Å². The molecule has 3 aromatic rings. The topological polar surface area (TPSA) is 59.8 Å². The molecule has 0 aliphatic heterocycles. The Morgan fingerprint density at radius 3 is 2.80 bits per heavy atom. The SMILES string of the molecule is Cn1c(Cc2cccs2)nnc1SCC(=O)NCCc1ccccc1. The van der Waals surface area contributed by atoms with Crippen molar-refractivity contribution in [1.82, 2.24) is 20.1 Å². The number of nitrogens with zero attached hydrogens (tertiary/aromatic N) is 3. The lowest BCUT2D eigenvalue weighted by Crippen LogP contribution is -2.27. The molecule has 0 aliphatic rings. The number of thiophene rings is 1. The lowest BCUT2D eigenvalue weighted by Gasteiger charge is -2.05. The van der Waals surface area contributed by atoms with Gasteiger partial charge < -0.3 is 9.88 Å². The van der Waals surface area contributed by atoms with Gasteiger partial charge in [0.1, 0.15) is 5.82 Å². The van der Waals surface area contributed by atoms with Crippen molar-refractivity contribution in [3.05, 3.63) is 64.1 Å². The number of benzene rings is 1. The van der Waals surface area contributed by atoms with Crippen molar-refractivity contribution in [1.29, 1.82) is 0 Å². The minimum absolute atomic E-state index is 0.0173. The second kappa shape index (κ2) is 8.82. The third kappa shape index (κ3) is 5.17. The van der Waals surface area contributed by atoms with Gasteiger partial charge in [0.2, 0.25) is 5.91 Å². The summed E-state index contributed by atoms with van der Waals surface area (Å²) in [4.78, 5) is 13.2. The first-order chi connectivity index (χ1) is 12.2. The molecule has 0 fully saturated rings. The quantitative estimate of drug-likeness (QED) is 0.618. The summed E-state index contributed by atoms with van der Waals surface area (Å²) in [6, 6.07) is 14.3. The fourth-order valence-electron chi connectivity index (χ4n) is 2.37. The van der Waals surface area contributed by atoms with Crippen LogP contribution in [-0.2, 0) is 24.7 Å². The standard InChI is InChI=1S/C18H20N4OS2/c1-22-16(12-15-8-5-11-24-15)20-21-18(22)25-13-17(23)19-10-9-14-6-3-2-4-7-14/h2-8,11H,9-10,12-13H2,1H3,(H,19,23). The molecular formula is C18H20N4OS2. The number of thioether (sulfide) groups is 1. The molecule has 7 heteroatoms. The maximum absolute atomic E-state index is 12.0. The van der Waals surface area contributed by atoms with Crippen molar-refractivity contribution in [2.24, 2.45) is 7.05 Å². The molecule has 0 aliphatic carbocycles. The first-order valence-electron chi connectivity index (χ1n) is 8.06. The second-order valence-corrected chi connectivity index (χ2v) is 7.56. The monoisotopic (exact) mass is 372 g/mol. The van der Waals surface area contributed by atoms with Gasteiger partial charge in [-0.25, -0.2) is 0 Å². The van der Waals surface area contributed by atoms with Crippen molar-refractivity contribution in [3.63, 3.8) is 0 Å². The zero-order valence-corrected chi connectivity index (χ0v) is 15.6. The van der Waals surface area contributed by atoms with Crippen LogP contribution in [0.15, 0.2) is 53.0 Å². The smallest absolute Gasteiger partial charge is 0.230 e. The maximum atomic E-state index is 12.0. The maximum Gasteiger partial charge on any atom is 0.230 e. The van der Waals surface area contributed by atoms with Crippen LogP contribution in [-0.4, -0.2) is 33.0 Å². The molecule has 25 heavy (non-hydrogen) atoms. The molecule has 5 nitrogen and oxygen atoms in total. The zero-order valence-electron chi connectivity index (χ0n) is 14.0.